The van der Waals surface area contributed by atoms with Gasteiger partial charge in [-0.25, -0.2) is 9.18 Å². The van der Waals surface area contributed by atoms with E-state index in [0.717, 1.165) is 5.56 Å². The van der Waals surface area contributed by atoms with Gasteiger partial charge in [-0.05, 0) is 23.8 Å². The molecule has 2 aromatic carbocycles. The number of ether oxygens (including phenoxy) is 2. The number of pyridine rings is 1. The third-order valence-electron chi connectivity index (χ3n) is 3.65. The maximum absolute atomic E-state index is 14.6. The lowest BCUT2D eigenvalue weighted by atomic mass is 10.1. The van der Waals surface area contributed by atoms with Crippen molar-refractivity contribution < 1.29 is 18.7 Å². The molecule has 0 saturated carbocycles. The zero-order valence-corrected chi connectivity index (χ0v) is 13.6. The number of hydrogen-bond donors (Lipinski definition) is 0. The molecule has 0 fully saturated rings. The summed E-state index contributed by atoms with van der Waals surface area (Å²) in [6.45, 7) is 0.405. The molecular weight excluding hydrogens is 321 g/mol. The minimum atomic E-state index is -0.738. The average Bonchev–Trinajstić information content (AvgIpc) is 2.67. The molecule has 0 spiro atoms. The van der Waals surface area contributed by atoms with E-state index in [1.54, 1.807) is 24.3 Å². The van der Waals surface area contributed by atoms with Crippen molar-refractivity contribution in [2.45, 2.75) is 6.61 Å². The number of carbonyl (C=O) groups excluding carboxylic acids is 1. The monoisotopic (exact) mass is 337 g/mol. The zero-order valence-electron chi connectivity index (χ0n) is 13.6. The van der Waals surface area contributed by atoms with Crippen molar-refractivity contribution in [1.29, 1.82) is 0 Å². The van der Waals surface area contributed by atoms with Gasteiger partial charge in [0.05, 0.1) is 12.7 Å². The van der Waals surface area contributed by atoms with Gasteiger partial charge in [-0.15, -0.1) is 0 Å². The number of esters is 1. The molecule has 5 heteroatoms. The zero-order chi connectivity index (χ0) is 17.6. The number of nitrogens with zero attached hydrogens (tertiary/aromatic N) is 1. The average molecular weight is 337 g/mol. The largest absolute Gasteiger partial charge is 0.489 e. The van der Waals surface area contributed by atoms with Gasteiger partial charge in [0, 0.05) is 11.8 Å². The van der Waals surface area contributed by atoms with Crippen molar-refractivity contribution >= 4 is 5.97 Å². The molecule has 0 aliphatic rings. The Kier molecular flexibility index (Phi) is 5.04. The van der Waals surface area contributed by atoms with Crippen LogP contribution < -0.4 is 4.74 Å². The third kappa shape index (κ3) is 3.83. The SMILES string of the molecule is COC(=O)c1ccnc(-c2cccc(OCc3ccccc3)c2)c1F. The second kappa shape index (κ2) is 7.57. The maximum Gasteiger partial charge on any atom is 0.340 e. The molecule has 3 aromatic rings. The first kappa shape index (κ1) is 16.6. The summed E-state index contributed by atoms with van der Waals surface area (Å²) in [5.74, 6) is -0.863. The van der Waals surface area contributed by atoms with Crippen molar-refractivity contribution in [2.75, 3.05) is 7.11 Å². The van der Waals surface area contributed by atoms with Crippen molar-refractivity contribution in [3.63, 3.8) is 0 Å². The third-order valence-corrected chi connectivity index (χ3v) is 3.65. The van der Waals surface area contributed by atoms with Gasteiger partial charge in [-0.3, -0.25) is 4.98 Å². The van der Waals surface area contributed by atoms with E-state index in [2.05, 4.69) is 9.72 Å². The summed E-state index contributed by atoms with van der Waals surface area (Å²) < 4.78 is 24.9. The van der Waals surface area contributed by atoms with Gasteiger partial charge < -0.3 is 9.47 Å². The van der Waals surface area contributed by atoms with E-state index in [9.17, 15) is 9.18 Å². The van der Waals surface area contributed by atoms with Gasteiger partial charge in [0.2, 0.25) is 0 Å². The fourth-order valence-corrected chi connectivity index (χ4v) is 2.39. The summed E-state index contributed by atoms with van der Waals surface area (Å²) >= 11 is 0. The van der Waals surface area contributed by atoms with E-state index < -0.39 is 11.8 Å². The molecule has 0 aliphatic carbocycles. The fourth-order valence-electron chi connectivity index (χ4n) is 2.39. The Labute approximate surface area is 144 Å². The highest BCUT2D eigenvalue weighted by atomic mass is 19.1. The molecule has 0 N–H and O–H groups in total. The lowest BCUT2D eigenvalue weighted by Crippen LogP contribution is -2.06. The van der Waals surface area contributed by atoms with E-state index >= 15 is 0 Å². The van der Waals surface area contributed by atoms with Gasteiger partial charge in [-0.2, -0.15) is 0 Å². The Bertz CT molecular complexity index is 881. The lowest BCUT2D eigenvalue weighted by Gasteiger charge is -2.09. The number of methoxy groups -OCH3 is 1. The summed E-state index contributed by atoms with van der Waals surface area (Å²) in [5.41, 5.74) is 1.48. The smallest absolute Gasteiger partial charge is 0.340 e. The molecule has 126 valence electrons. The first-order chi connectivity index (χ1) is 12.2. The Morgan fingerprint density at radius 1 is 1.08 bits per heavy atom. The van der Waals surface area contributed by atoms with Gasteiger partial charge >= 0.3 is 5.97 Å². The highest BCUT2D eigenvalue weighted by Gasteiger charge is 2.17. The second-order valence-corrected chi connectivity index (χ2v) is 5.31. The number of halogens is 1. The van der Waals surface area contributed by atoms with Crippen molar-refractivity contribution in [3.05, 3.63) is 83.8 Å². The highest BCUT2D eigenvalue weighted by Crippen LogP contribution is 2.26. The molecule has 0 unspecified atom stereocenters. The van der Waals surface area contributed by atoms with E-state index in [0.29, 0.717) is 17.9 Å². The molecular formula is C20H16FNO3. The fraction of sp³-hybridized carbons (Fsp3) is 0.100. The number of carbonyl (C=O) groups is 1. The minimum absolute atomic E-state index is 0.0769. The molecule has 0 atom stereocenters. The first-order valence-corrected chi connectivity index (χ1v) is 7.69. The van der Waals surface area contributed by atoms with Crippen LogP contribution in [0.1, 0.15) is 15.9 Å². The van der Waals surface area contributed by atoms with Crippen LogP contribution in [0, 0.1) is 5.82 Å². The van der Waals surface area contributed by atoms with Gasteiger partial charge in [0.25, 0.3) is 0 Å². The van der Waals surface area contributed by atoms with Crippen LogP contribution in [0.4, 0.5) is 4.39 Å². The predicted octanol–water partition coefficient (Wildman–Crippen LogP) is 4.25. The van der Waals surface area contributed by atoms with Crippen LogP contribution in [-0.4, -0.2) is 18.1 Å². The number of aromatic nitrogens is 1. The Hall–Kier alpha value is -3.21. The van der Waals surface area contributed by atoms with E-state index in [1.165, 1.54) is 19.4 Å². The lowest BCUT2D eigenvalue weighted by molar-refractivity contribution is 0.0595. The maximum atomic E-state index is 14.6. The first-order valence-electron chi connectivity index (χ1n) is 7.69. The minimum Gasteiger partial charge on any atom is -0.489 e. The van der Waals surface area contributed by atoms with E-state index in [1.807, 2.05) is 30.3 Å². The molecule has 25 heavy (non-hydrogen) atoms. The van der Waals surface area contributed by atoms with E-state index in [4.69, 9.17) is 4.74 Å². The predicted molar refractivity (Wildman–Crippen MR) is 91.7 cm³/mol. The summed E-state index contributed by atoms with van der Waals surface area (Å²) in [4.78, 5) is 15.7. The molecule has 0 saturated heterocycles. The molecule has 0 radical (unpaired) electrons. The van der Waals surface area contributed by atoms with Gasteiger partial charge in [-0.1, -0.05) is 42.5 Å². The molecule has 1 heterocycles. The van der Waals surface area contributed by atoms with Crippen LogP contribution >= 0.6 is 0 Å². The van der Waals surface area contributed by atoms with Crippen LogP contribution in [-0.2, 0) is 11.3 Å². The Morgan fingerprint density at radius 2 is 1.88 bits per heavy atom. The highest BCUT2D eigenvalue weighted by molar-refractivity contribution is 5.90. The van der Waals surface area contributed by atoms with Crippen LogP contribution in [0.3, 0.4) is 0 Å². The molecule has 1 aromatic heterocycles. The normalized spacial score (nSPS) is 10.3. The summed E-state index contributed by atoms with van der Waals surface area (Å²) in [5, 5.41) is 0. The van der Waals surface area contributed by atoms with Crippen LogP contribution in [0.2, 0.25) is 0 Å². The quantitative estimate of drug-likeness (QED) is 0.653. The molecule has 3 rings (SSSR count). The summed E-state index contributed by atoms with van der Waals surface area (Å²) in [6, 6.07) is 18.0. The molecule has 0 aliphatic heterocycles. The Balaban J connectivity index is 1.85. The molecule has 0 bridgehead atoms. The van der Waals surface area contributed by atoms with Gasteiger partial charge in [0.1, 0.15) is 18.1 Å². The van der Waals surface area contributed by atoms with Gasteiger partial charge in [0.15, 0.2) is 5.82 Å². The topological polar surface area (TPSA) is 48.4 Å². The number of benzene rings is 2. The summed E-state index contributed by atoms with van der Waals surface area (Å²) in [6.07, 6.45) is 1.38. The molecule has 0 amide bonds. The number of rotatable bonds is 5. The number of hydrogen-bond acceptors (Lipinski definition) is 4. The summed E-state index contributed by atoms with van der Waals surface area (Å²) in [7, 11) is 1.21. The van der Waals surface area contributed by atoms with Crippen LogP contribution in [0.5, 0.6) is 5.75 Å². The van der Waals surface area contributed by atoms with Crippen LogP contribution in [0.25, 0.3) is 11.3 Å². The van der Waals surface area contributed by atoms with E-state index in [-0.39, 0.29) is 11.3 Å². The molecule has 4 nitrogen and oxygen atoms in total. The van der Waals surface area contributed by atoms with Crippen molar-refractivity contribution in [2.24, 2.45) is 0 Å². The Morgan fingerprint density at radius 3 is 2.64 bits per heavy atom. The van der Waals surface area contributed by atoms with Crippen molar-refractivity contribution in [1.82, 2.24) is 4.98 Å². The van der Waals surface area contributed by atoms with Crippen LogP contribution in [0.15, 0.2) is 66.9 Å². The second-order valence-electron chi connectivity index (χ2n) is 5.31. The standard InChI is InChI=1S/C20H16FNO3/c1-24-20(23)17-10-11-22-19(18(17)21)15-8-5-9-16(12-15)25-13-14-6-3-2-4-7-14/h2-12H,13H2,1H3. The van der Waals surface area contributed by atoms with Crippen molar-refractivity contribution in [3.8, 4) is 17.0 Å².